The average molecular weight is 277 g/mol. The Hall–Kier alpha value is -1.88. The molecule has 0 aliphatic carbocycles. The van der Waals surface area contributed by atoms with Crippen molar-refractivity contribution in [2.45, 2.75) is 38.8 Å². The summed E-state index contributed by atoms with van der Waals surface area (Å²) in [6.45, 7) is 4.07. The van der Waals surface area contributed by atoms with Crippen LogP contribution < -0.4 is 0 Å². The van der Waals surface area contributed by atoms with E-state index < -0.39 is 18.1 Å². The van der Waals surface area contributed by atoms with Crippen molar-refractivity contribution in [1.82, 2.24) is 4.90 Å². The van der Waals surface area contributed by atoms with Crippen molar-refractivity contribution in [3.63, 3.8) is 0 Å². The monoisotopic (exact) mass is 277 g/mol. The van der Waals surface area contributed by atoms with E-state index in [4.69, 9.17) is 5.11 Å². The first-order valence-electron chi connectivity index (χ1n) is 6.65. The van der Waals surface area contributed by atoms with Gasteiger partial charge in [0.2, 0.25) is 5.91 Å². The van der Waals surface area contributed by atoms with Gasteiger partial charge in [-0.25, -0.2) is 4.79 Å². The molecule has 1 aliphatic rings. The van der Waals surface area contributed by atoms with Crippen LogP contribution in [0.1, 0.15) is 23.1 Å². The fourth-order valence-electron chi connectivity index (χ4n) is 2.51. The van der Waals surface area contributed by atoms with E-state index in [0.29, 0.717) is 0 Å². The fourth-order valence-corrected chi connectivity index (χ4v) is 2.51. The van der Waals surface area contributed by atoms with Gasteiger partial charge in [-0.3, -0.25) is 4.79 Å². The number of amides is 1. The van der Waals surface area contributed by atoms with E-state index >= 15 is 0 Å². The van der Waals surface area contributed by atoms with E-state index in [2.05, 4.69) is 0 Å². The van der Waals surface area contributed by atoms with Crippen molar-refractivity contribution < 1.29 is 19.8 Å². The Morgan fingerprint density at radius 1 is 1.30 bits per heavy atom. The van der Waals surface area contributed by atoms with Crippen LogP contribution in [0.15, 0.2) is 18.2 Å². The molecule has 1 amide bonds. The molecule has 0 saturated carbocycles. The van der Waals surface area contributed by atoms with E-state index in [1.807, 2.05) is 32.0 Å². The highest BCUT2D eigenvalue weighted by atomic mass is 16.4. The molecule has 5 heteroatoms. The fraction of sp³-hybridized carbons (Fsp3) is 0.467. The maximum Gasteiger partial charge on any atom is 0.326 e. The lowest BCUT2D eigenvalue weighted by Gasteiger charge is -2.21. The number of aliphatic carboxylic acids is 1. The summed E-state index contributed by atoms with van der Waals surface area (Å²) in [5.41, 5.74) is 3.12. The predicted octanol–water partition coefficient (Wildman–Crippen LogP) is 0.892. The van der Waals surface area contributed by atoms with Gasteiger partial charge in [0.1, 0.15) is 6.04 Å². The topological polar surface area (TPSA) is 77.8 Å². The van der Waals surface area contributed by atoms with Crippen LogP contribution in [0.3, 0.4) is 0 Å². The molecule has 0 spiro atoms. The highest BCUT2D eigenvalue weighted by molar-refractivity contribution is 5.85. The molecular formula is C15H19NO4. The Bertz CT molecular complexity index is 541. The number of β-amino-alcohol motifs (C(OH)–C–C–N with tert-alkyl or cyclic N) is 1. The van der Waals surface area contributed by atoms with Crippen molar-refractivity contribution in [3.8, 4) is 0 Å². The van der Waals surface area contributed by atoms with Gasteiger partial charge in [-0.05, 0) is 30.5 Å². The third-order valence-corrected chi connectivity index (χ3v) is 3.81. The molecule has 1 aromatic carbocycles. The first-order valence-corrected chi connectivity index (χ1v) is 6.65. The first-order chi connectivity index (χ1) is 9.38. The zero-order valence-corrected chi connectivity index (χ0v) is 11.7. The Labute approximate surface area is 117 Å². The molecule has 1 heterocycles. The van der Waals surface area contributed by atoms with Crippen LogP contribution >= 0.6 is 0 Å². The van der Waals surface area contributed by atoms with Crippen LogP contribution in [0.2, 0.25) is 0 Å². The number of carbonyl (C=O) groups is 2. The van der Waals surface area contributed by atoms with E-state index in [0.717, 1.165) is 16.7 Å². The van der Waals surface area contributed by atoms with Gasteiger partial charge >= 0.3 is 5.97 Å². The lowest BCUT2D eigenvalue weighted by molar-refractivity contribution is -0.148. The first kappa shape index (κ1) is 14.5. The smallest absolute Gasteiger partial charge is 0.326 e. The minimum absolute atomic E-state index is 0.0979. The van der Waals surface area contributed by atoms with E-state index in [1.165, 1.54) is 4.90 Å². The molecule has 1 saturated heterocycles. The summed E-state index contributed by atoms with van der Waals surface area (Å²) in [5, 5.41) is 18.6. The highest BCUT2D eigenvalue weighted by Crippen LogP contribution is 2.20. The standard InChI is InChI=1S/C15H19NO4/c1-9-3-4-11(5-10(9)2)6-14(18)16-8-12(17)7-13(16)15(19)20/h3-5,12-13,17H,6-8H2,1-2H3,(H,19,20)/t12?,13-/m0/s1. The largest absolute Gasteiger partial charge is 0.480 e. The molecule has 0 bridgehead atoms. The van der Waals surface area contributed by atoms with Crippen LogP contribution in [0.5, 0.6) is 0 Å². The van der Waals surface area contributed by atoms with Crippen molar-refractivity contribution in [2.75, 3.05) is 6.54 Å². The quantitative estimate of drug-likeness (QED) is 0.860. The molecular weight excluding hydrogens is 258 g/mol. The number of carboxylic acids is 1. The molecule has 1 fully saturated rings. The Morgan fingerprint density at radius 3 is 2.60 bits per heavy atom. The molecule has 0 radical (unpaired) electrons. The number of aliphatic hydroxyl groups is 1. The minimum atomic E-state index is -1.06. The van der Waals surface area contributed by atoms with Gasteiger partial charge in [0.15, 0.2) is 0 Å². The molecule has 2 rings (SSSR count). The third kappa shape index (κ3) is 2.99. The number of aliphatic hydroxyl groups excluding tert-OH is 1. The summed E-state index contributed by atoms with van der Waals surface area (Å²) in [4.78, 5) is 24.6. The van der Waals surface area contributed by atoms with Crippen LogP contribution in [-0.2, 0) is 16.0 Å². The lowest BCUT2D eigenvalue weighted by atomic mass is 10.0. The molecule has 20 heavy (non-hydrogen) atoms. The number of rotatable bonds is 3. The van der Waals surface area contributed by atoms with Crippen molar-refractivity contribution >= 4 is 11.9 Å². The molecule has 2 N–H and O–H groups in total. The predicted molar refractivity (Wildman–Crippen MR) is 73.4 cm³/mol. The number of hydrogen-bond donors (Lipinski definition) is 2. The molecule has 1 aromatic rings. The lowest BCUT2D eigenvalue weighted by Crippen LogP contribution is -2.41. The van der Waals surface area contributed by atoms with E-state index in [9.17, 15) is 14.7 Å². The number of carbonyl (C=O) groups excluding carboxylic acids is 1. The summed E-state index contributed by atoms with van der Waals surface area (Å²) in [7, 11) is 0. The second-order valence-electron chi connectivity index (χ2n) is 5.39. The zero-order valence-electron chi connectivity index (χ0n) is 11.7. The van der Waals surface area contributed by atoms with Gasteiger partial charge in [-0.2, -0.15) is 0 Å². The molecule has 1 unspecified atom stereocenters. The van der Waals surface area contributed by atoms with E-state index in [1.54, 1.807) is 0 Å². The van der Waals surface area contributed by atoms with E-state index in [-0.39, 0.29) is 25.3 Å². The van der Waals surface area contributed by atoms with Crippen LogP contribution in [0.4, 0.5) is 0 Å². The molecule has 0 aromatic heterocycles. The van der Waals surface area contributed by atoms with Gasteiger partial charge in [0, 0.05) is 13.0 Å². The Morgan fingerprint density at radius 2 is 2.00 bits per heavy atom. The molecule has 108 valence electrons. The minimum Gasteiger partial charge on any atom is -0.480 e. The number of carboxylic acid groups (broad SMARTS) is 1. The summed E-state index contributed by atoms with van der Waals surface area (Å²) in [5.74, 6) is -1.31. The van der Waals surface area contributed by atoms with Crippen molar-refractivity contribution in [3.05, 3.63) is 34.9 Å². The maximum atomic E-state index is 12.2. The van der Waals surface area contributed by atoms with Gasteiger partial charge in [0.05, 0.1) is 12.5 Å². The normalized spacial score (nSPS) is 22.1. The Balaban J connectivity index is 2.11. The summed E-state index contributed by atoms with van der Waals surface area (Å²) in [6.07, 6.45) is -0.481. The number of aryl methyl sites for hydroxylation is 2. The van der Waals surface area contributed by atoms with Gasteiger partial charge < -0.3 is 15.1 Å². The molecule has 5 nitrogen and oxygen atoms in total. The summed E-state index contributed by atoms with van der Waals surface area (Å²) < 4.78 is 0. The number of benzene rings is 1. The summed E-state index contributed by atoms with van der Waals surface area (Å²) in [6, 6.07) is 4.85. The van der Waals surface area contributed by atoms with Crippen LogP contribution in [-0.4, -0.2) is 45.7 Å². The van der Waals surface area contributed by atoms with Crippen molar-refractivity contribution in [1.29, 1.82) is 0 Å². The molecule has 1 aliphatic heterocycles. The highest BCUT2D eigenvalue weighted by Gasteiger charge is 2.38. The average Bonchev–Trinajstić information content (AvgIpc) is 2.76. The third-order valence-electron chi connectivity index (χ3n) is 3.81. The maximum absolute atomic E-state index is 12.2. The number of likely N-dealkylation sites (tertiary alicyclic amines) is 1. The SMILES string of the molecule is Cc1ccc(CC(=O)N2CC(O)C[C@H]2C(=O)O)cc1C. The molecule has 2 atom stereocenters. The van der Waals surface area contributed by atoms with Gasteiger partial charge in [-0.1, -0.05) is 18.2 Å². The second kappa shape index (κ2) is 5.63. The van der Waals surface area contributed by atoms with Crippen LogP contribution in [0, 0.1) is 13.8 Å². The van der Waals surface area contributed by atoms with Gasteiger partial charge in [-0.15, -0.1) is 0 Å². The zero-order chi connectivity index (χ0) is 14.9. The van der Waals surface area contributed by atoms with Crippen molar-refractivity contribution in [2.24, 2.45) is 0 Å². The number of nitrogens with zero attached hydrogens (tertiary/aromatic N) is 1. The van der Waals surface area contributed by atoms with Crippen LogP contribution in [0.25, 0.3) is 0 Å². The second-order valence-corrected chi connectivity index (χ2v) is 5.39. The Kier molecular flexibility index (Phi) is 4.09. The number of hydrogen-bond acceptors (Lipinski definition) is 3. The van der Waals surface area contributed by atoms with Gasteiger partial charge in [0.25, 0.3) is 0 Å². The summed E-state index contributed by atoms with van der Waals surface area (Å²) >= 11 is 0.